The molecule has 1 N–H and O–H groups in total. The Hall–Kier alpha value is -2.45. The fraction of sp³-hybridized carbons (Fsp3) is 0.474. The highest BCUT2D eigenvalue weighted by Gasteiger charge is 2.26. The van der Waals surface area contributed by atoms with Gasteiger partial charge in [-0.3, -0.25) is 4.40 Å². The third-order valence-electron chi connectivity index (χ3n) is 4.45. The number of rotatable bonds is 5. The van der Waals surface area contributed by atoms with E-state index < -0.39 is 0 Å². The van der Waals surface area contributed by atoms with Gasteiger partial charge in [0.1, 0.15) is 17.6 Å². The first kappa shape index (κ1) is 17.9. The quantitative estimate of drug-likeness (QED) is 0.744. The summed E-state index contributed by atoms with van der Waals surface area (Å²) in [4.78, 5) is 9.05. The maximum absolute atomic E-state index is 5.77. The van der Waals surface area contributed by atoms with Crippen molar-refractivity contribution in [3.05, 3.63) is 42.3 Å². The van der Waals surface area contributed by atoms with E-state index in [-0.39, 0.29) is 11.6 Å². The van der Waals surface area contributed by atoms with Gasteiger partial charge >= 0.3 is 0 Å². The van der Waals surface area contributed by atoms with Crippen molar-refractivity contribution in [3.8, 4) is 0 Å². The third kappa shape index (κ3) is 3.54. The lowest BCUT2D eigenvalue weighted by Gasteiger charge is -2.22. The van der Waals surface area contributed by atoms with Crippen LogP contribution >= 0.6 is 0 Å². The molecule has 0 bridgehead atoms. The lowest BCUT2D eigenvalue weighted by molar-refractivity contribution is 0.110. The number of methoxy groups -OCH3 is 1. The minimum atomic E-state index is -0.188. The molecule has 1 aliphatic rings. The number of fused-ring (bicyclic) bond motifs is 1. The van der Waals surface area contributed by atoms with Gasteiger partial charge < -0.3 is 14.8 Å². The Balaban J connectivity index is 1.72. The molecule has 1 aliphatic heterocycles. The van der Waals surface area contributed by atoms with Gasteiger partial charge in [-0.05, 0) is 39.7 Å². The Bertz CT molecular complexity index is 933. The van der Waals surface area contributed by atoms with Crippen LogP contribution in [0.15, 0.2) is 24.5 Å². The van der Waals surface area contributed by atoms with Crippen LogP contribution < -0.4 is 5.32 Å². The molecule has 0 aliphatic carbocycles. The number of ether oxygens (including phenoxy) is 2. The highest BCUT2D eigenvalue weighted by molar-refractivity contribution is 5.55. The van der Waals surface area contributed by atoms with Gasteiger partial charge in [0.15, 0.2) is 0 Å². The molecule has 8 nitrogen and oxygen atoms in total. The first-order valence-corrected chi connectivity index (χ1v) is 9.08. The topological polar surface area (TPSA) is 78.5 Å². The molecule has 0 aromatic carbocycles. The van der Waals surface area contributed by atoms with Gasteiger partial charge in [-0.1, -0.05) is 0 Å². The largest absolute Gasteiger partial charge is 0.378 e. The van der Waals surface area contributed by atoms with Crippen LogP contribution in [0.25, 0.3) is 5.65 Å². The van der Waals surface area contributed by atoms with Gasteiger partial charge in [-0.25, -0.2) is 14.6 Å². The molecule has 1 saturated heterocycles. The molecule has 0 saturated carbocycles. The van der Waals surface area contributed by atoms with E-state index in [2.05, 4.69) is 42.5 Å². The second-order valence-electron chi connectivity index (χ2n) is 7.67. The monoisotopic (exact) mass is 369 g/mol. The summed E-state index contributed by atoms with van der Waals surface area (Å²) in [6.07, 6.45) is 6.71. The molecule has 4 heterocycles. The van der Waals surface area contributed by atoms with E-state index in [4.69, 9.17) is 14.6 Å². The summed E-state index contributed by atoms with van der Waals surface area (Å²) in [5.41, 5.74) is 2.41. The molecule has 1 fully saturated rings. The highest BCUT2D eigenvalue weighted by Crippen LogP contribution is 2.32. The molecule has 4 rings (SSSR count). The van der Waals surface area contributed by atoms with Gasteiger partial charge in [0, 0.05) is 25.6 Å². The summed E-state index contributed by atoms with van der Waals surface area (Å²) >= 11 is 0. The second-order valence-corrected chi connectivity index (χ2v) is 7.67. The summed E-state index contributed by atoms with van der Waals surface area (Å²) in [7, 11) is 1.66. The lowest BCUT2D eigenvalue weighted by atomic mass is 10.1. The van der Waals surface area contributed by atoms with Crippen molar-refractivity contribution in [1.82, 2.24) is 24.1 Å². The Labute approximate surface area is 158 Å². The minimum absolute atomic E-state index is 0.0134. The van der Waals surface area contributed by atoms with E-state index in [0.717, 1.165) is 29.3 Å². The Kier molecular flexibility index (Phi) is 4.61. The molecular weight excluding hydrogens is 344 g/mol. The van der Waals surface area contributed by atoms with Gasteiger partial charge in [-0.15, -0.1) is 0 Å². The fourth-order valence-corrected chi connectivity index (χ4v) is 3.23. The Morgan fingerprint density at radius 1 is 1.37 bits per heavy atom. The van der Waals surface area contributed by atoms with Gasteiger partial charge in [0.25, 0.3) is 0 Å². The normalized spacial score (nSPS) is 17.7. The zero-order valence-electron chi connectivity index (χ0n) is 16.1. The Morgan fingerprint density at radius 3 is 2.93 bits per heavy atom. The summed E-state index contributed by atoms with van der Waals surface area (Å²) in [5.74, 6) is 1.55. The van der Waals surface area contributed by atoms with Crippen LogP contribution in [0.1, 0.15) is 44.7 Å². The van der Waals surface area contributed by atoms with Crippen LogP contribution in [0.2, 0.25) is 0 Å². The van der Waals surface area contributed by atoms with Crippen LogP contribution in [-0.4, -0.2) is 37.9 Å². The van der Waals surface area contributed by atoms with Crippen molar-refractivity contribution in [1.29, 1.82) is 0 Å². The summed E-state index contributed by atoms with van der Waals surface area (Å²) < 4.78 is 14.9. The van der Waals surface area contributed by atoms with Crippen molar-refractivity contribution >= 4 is 17.4 Å². The molecular formula is C19H25N6O2. The van der Waals surface area contributed by atoms with Gasteiger partial charge in [-0.2, -0.15) is 5.10 Å². The third-order valence-corrected chi connectivity index (χ3v) is 4.45. The van der Waals surface area contributed by atoms with E-state index in [1.807, 2.05) is 27.4 Å². The summed E-state index contributed by atoms with van der Waals surface area (Å²) in [6.45, 7) is 7.50. The Morgan fingerprint density at radius 2 is 2.22 bits per heavy atom. The van der Waals surface area contributed by atoms with Crippen LogP contribution in [0.4, 0.5) is 11.8 Å². The average Bonchev–Trinajstić information content (AvgIpc) is 3.33. The van der Waals surface area contributed by atoms with Crippen LogP contribution in [0.5, 0.6) is 0 Å². The van der Waals surface area contributed by atoms with E-state index in [1.54, 1.807) is 13.3 Å². The fourth-order valence-electron chi connectivity index (χ4n) is 3.23. The molecule has 3 aromatic rings. The molecule has 0 spiro atoms. The van der Waals surface area contributed by atoms with E-state index in [0.29, 0.717) is 19.2 Å². The second kappa shape index (κ2) is 6.94. The zero-order chi connectivity index (χ0) is 19.0. The van der Waals surface area contributed by atoms with Crippen molar-refractivity contribution in [2.75, 3.05) is 19.0 Å². The van der Waals surface area contributed by atoms with Crippen molar-refractivity contribution < 1.29 is 9.47 Å². The van der Waals surface area contributed by atoms with Crippen molar-refractivity contribution in [2.24, 2.45) is 0 Å². The van der Waals surface area contributed by atoms with E-state index >= 15 is 0 Å². The lowest BCUT2D eigenvalue weighted by Crippen LogP contribution is -2.25. The SMILES string of the molecule is COCc1cn2c(Nc3cc([C@H]4C[CH]CO4)nn3C(C)(C)C)nccc2n1. The zero-order valence-corrected chi connectivity index (χ0v) is 16.1. The molecule has 8 heteroatoms. The van der Waals surface area contributed by atoms with Gasteiger partial charge in [0.05, 0.1) is 30.1 Å². The number of anilines is 2. The molecule has 143 valence electrons. The van der Waals surface area contributed by atoms with Crippen molar-refractivity contribution in [3.63, 3.8) is 0 Å². The van der Waals surface area contributed by atoms with Crippen molar-refractivity contribution in [2.45, 2.75) is 45.4 Å². The predicted molar refractivity (Wildman–Crippen MR) is 102 cm³/mol. The molecule has 1 atom stereocenters. The number of nitrogens with zero attached hydrogens (tertiary/aromatic N) is 5. The van der Waals surface area contributed by atoms with Crippen LogP contribution in [0.3, 0.4) is 0 Å². The number of nitrogens with one attached hydrogen (secondary N) is 1. The number of hydrogen-bond acceptors (Lipinski definition) is 6. The maximum Gasteiger partial charge on any atom is 0.214 e. The standard InChI is InChI=1S/C19H25N6O2/c1-19(2,3)25-17(10-14(23-25)15-6-5-9-27-15)22-18-20-8-7-16-21-13(12-26-4)11-24(16)18/h5,7-8,10-11,15H,6,9,12H2,1-4H3,(H,20,22)/t15-/m1/s1. The molecule has 27 heavy (non-hydrogen) atoms. The van der Waals surface area contributed by atoms with Gasteiger partial charge in [0.2, 0.25) is 5.95 Å². The first-order valence-electron chi connectivity index (χ1n) is 9.08. The smallest absolute Gasteiger partial charge is 0.214 e. The number of imidazole rings is 1. The molecule has 0 unspecified atom stereocenters. The number of hydrogen-bond donors (Lipinski definition) is 1. The van der Waals surface area contributed by atoms with E-state index in [9.17, 15) is 0 Å². The molecule has 3 aromatic heterocycles. The minimum Gasteiger partial charge on any atom is -0.378 e. The number of aromatic nitrogens is 5. The van der Waals surface area contributed by atoms with Crippen LogP contribution in [0, 0.1) is 6.42 Å². The van der Waals surface area contributed by atoms with E-state index in [1.165, 1.54) is 0 Å². The summed E-state index contributed by atoms with van der Waals surface area (Å²) in [6, 6.07) is 3.92. The molecule has 0 amide bonds. The molecule has 1 radical (unpaired) electrons. The average molecular weight is 369 g/mol. The maximum atomic E-state index is 5.77. The summed E-state index contributed by atoms with van der Waals surface area (Å²) in [5, 5.41) is 8.24. The van der Waals surface area contributed by atoms with Crippen LogP contribution in [-0.2, 0) is 21.6 Å². The highest BCUT2D eigenvalue weighted by atomic mass is 16.5. The first-order chi connectivity index (χ1) is 13.0. The predicted octanol–water partition coefficient (Wildman–Crippen LogP) is 3.24.